The maximum Gasteiger partial charge on any atom is 0.260 e. The Balaban J connectivity index is 1.38. The Kier molecular flexibility index (Phi) is 7.66. The van der Waals surface area contributed by atoms with E-state index in [-0.39, 0.29) is 17.9 Å². The van der Waals surface area contributed by atoms with E-state index < -0.39 is 6.10 Å². The second-order valence-corrected chi connectivity index (χ2v) is 8.10. The first-order valence-electron chi connectivity index (χ1n) is 9.79. The molecule has 7 heteroatoms. The van der Waals surface area contributed by atoms with Crippen molar-refractivity contribution in [2.45, 2.75) is 31.9 Å². The third-order valence-electron chi connectivity index (χ3n) is 4.85. The van der Waals surface area contributed by atoms with Gasteiger partial charge in [-0.3, -0.25) is 14.5 Å². The van der Waals surface area contributed by atoms with Crippen LogP contribution in [0.15, 0.2) is 59.1 Å². The Labute approximate surface area is 179 Å². The van der Waals surface area contributed by atoms with Crippen molar-refractivity contribution >= 4 is 33.4 Å². The number of ether oxygens (including phenoxy) is 1. The lowest BCUT2D eigenvalue weighted by molar-refractivity contribution is -0.128. The minimum absolute atomic E-state index is 0.0183. The highest BCUT2D eigenvalue weighted by atomic mass is 79.9. The topological polar surface area (TPSA) is 70.7 Å². The number of nitrogens with one attached hydrogen (secondary N) is 2. The molecule has 29 heavy (non-hydrogen) atoms. The van der Waals surface area contributed by atoms with Crippen molar-refractivity contribution < 1.29 is 14.3 Å². The Morgan fingerprint density at radius 1 is 1.10 bits per heavy atom. The third kappa shape index (κ3) is 6.87. The molecule has 6 nitrogen and oxygen atoms in total. The number of benzene rings is 2. The summed E-state index contributed by atoms with van der Waals surface area (Å²) in [5.74, 6) is 0.526. The maximum atomic E-state index is 12.4. The van der Waals surface area contributed by atoms with Gasteiger partial charge in [-0.2, -0.15) is 0 Å². The molecule has 154 valence electrons. The van der Waals surface area contributed by atoms with Gasteiger partial charge in [0.05, 0.1) is 6.54 Å². The number of carbonyl (C=O) groups excluding carboxylic acids is 2. The molecule has 1 fully saturated rings. The van der Waals surface area contributed by atoms with E-state index in [0.717, 1.165) is 36.1 Å². The molecule has 2 aromatic carbocycles. The highest BCUT2D eigenvalue weighted by Crippen LogP contribution is 2.18. The van der Waals surface area contributed by atoms with E-state index >= 15 is 0 Å². The molecule has 0 spiro atoms. The third-order valence-corrected chi connectivity index (χ3v) is 5.38. The number of hydrogen-bond acceptors (Lipinski definition) is 4. The molecule has 2 N–H and O–H groups in total. The molecular weight excluding hydrogens is 434 g/mol. The maximum absolute atomic E-state index is 12.4. The zero-order valence-corrected chi connectivity index (χ0v) is 18.0. The summed E-state index contributed by atoms with van der Waals surface area (Å²) in [5, 5.41) is 5.97. The fourth-order valence-electron chi connectivity index (χ4n) is 3.25. The predicted molar refractivity (Wildman–Crippen MR) is 117 cm³/mol. The fraction of sp³-hybridized carbons (Fsp3) is 0.364. The zero-order valence-electron chi connectivity index (χ0n) is 16.4. The number of rotatable bonds is 7. The van der Waals surface area contributed by atoms with E-state index in [0.29, 0.717) is 12.3 Å². The summed E-state index contributed by atoms with van der Waals surface area (Å²) in [7, 11) is 0. The molecule has 0 radical (unpaired) electrons. The molecule has 1 saturated heterocycles. The number of hydrogen-bond donors (Lipinski definition) is 2. The van der Waals surface area contributed by atoms with E-state index in [1.54, 1.807) is 6.92 Å². The molecule has 1 heterocycles. The van der Waals surface area contributed by atoms with Crippen molar-refractivity contribution in [3.8, 4) is 5.75 Å². The van der Waals surface area contributed by atoms with Gasteiger partial charge in [0.1, 0.15) is 5.75 Å². The van der Waals surface area contributed by atoms with Crippen LogP contribution in [0.25, 0.3) is 0 Å². The quantitative estimate of drug-likeness (QED) is 0.665. The van der Waals surface area contributed by atoms with Crippen molar-refractivity contribution in [3.63, 3.8) is 0 Å². The number of anilines is 1. The lowest BCUT2D eigenvalue weighted by Crippen LogP contribution is -2.49. The molecule has 1 aliphatic heterocycles. The van der Waals surface area contributed by atoms with Crippen LogP contribution in [0.5, 0.6) is 5.75 Å². The van der Waals surface area contributed by atoms with Gasteiger partial charge in [-0.1, -0.05) is 34.1 Å². The molecule has 1 atom stereocenters. The minimum atomic E-state index is -0.564. The van der Waals surface area contributed by atoms with Crippen LogP contribution in [0.4, 0.5) is 5.69 Å². The van der Waals surface area contributed by atoms with Crippen molar-refractivity contribution in [1.29, 1.82) is 0 Å². The largest absolute Gasteiger partial charge is 0.481 e. The summed E-state index contributed by atoms with van der Waals surface area (Å²) in [4.78, 5) is 26.7. The van der Waals surface area contributed by atoms with Crippen LogP contribution in [0, 0.1) is 0 Å². The average Bonchev–Trinajstić information content (AvgIpc) is 2.72. The lowest BCUT2D eigenvalue weighted by atomic mass is 10.0. The smallest absolute Gasteiger partial charge is 0.260 e. The summed E-state index contributed by atoms with van der Waals surface area (Å²) < 4.78 is 6.67. The van der Waals surface area contributed by atoms with Gasteiger partial charge >= 0.3 is 0 Å². The Morgan fingerprint density at radius 2 is 1.76 bits per heavy atom. The van der Waals surface area contributed by atoms with Crippen LogP contribution in [0.1, 0.15) is 19.8 Å². The van der Waals surface area contributed by atoms with E-state index in [1.165, 1.54) is 0 Å². The van der Waals surface area contributed by atoms with Gasteiger partial charge in [0.15, 0.2) is 6.10 Å². The summed E-state index contributed by atoms with van der Waals surface area (Å²) in [6, 6.07) is 17.0. The molecule has 0 bridgehead atoms. The van der Waals surface area contributed by atoms with Crippen LogP contribution < -0.4 is 15.4 Å². The van der Waals surface area contributed by atoms with Gasteiger partial charge < -0.3 is 15.4 Å². The first-order chi connectivity index (χ1) is 14.0. The van der Waals surface area contributed by atoms with Crippen molar-refractivity contribution in [2.24, 2.45) is 0 Å². The van der Waals surface area contributed by atoms with Gasteiger partial charge in [-0.25, -0.2) is 0 Å². The van der Waals surface area contributed by atoms with Crippen molar-refractivity contribution in [1.82, 2.24) is 10.2 Å². The van der Waals surface area contributed by atoms with Crippen LogP contribution in [0.3, 0.4) is 0 Å². The number of likely N-dealkylation sites (tertiary alicyclic amines) is 1. The molecule has 0 aromatic heterocycles. The van der Waals surface area contributed by atoms with Gasteiger partial charge in [-0.15, -0.1) is 0 Å². The van der Waals surface area contributed by atoms with Gasteiger partial charge in [-0.05, 0) is 56.2 Å². The Morgan fingerprint density at radius 3 is 2.41 bits per heavy atom. The highest BCUT2D eigenvalue weighted by molar-refractivity contribution is 9.10. The van der Waals surface area contributed by atoms with Crippen LogP contribution in [-0.2, 0) is 9.59 Å². The van der Waals surface area contributed by atoms with Crippen molar-refractivity contribution in [2.75, 3.05) is 25.0 Å². The standard InChI is InChI=1S/C22H26BrN3O3/c1-16(29-20-9-7-17(23)8-10-20)22(28)25-19-11-13-26(14-12-19)15-21(27)24-18-5-3-2-4-6-18/h2-10,16,19H,11-15H2,1H3,(H,24,27)(H,25,28). The second kappa shape index (κ2) is 10.4. The monoisotopic (exact) mass is 459 g/mol. The van der Waals surface area contributed by atoms with E-state index in [1.807, 2.05) is 54.6 Å². The van der Waals surface area contributed by atoms with Crippen molar-refractivity contribution in [3.05, 3.63) is 59.1 Å². The number of halogens is 1. The molecule has 2 amide bonds. The number of amides is 2. The van der Waals surface area contributed by atoms with Gasteiger partial charge in [0, 0.05) is 29.3 Å². The molecule has 0 aliphatic carbocycles. The van der Waals surface area contributed by atoms with Crippen LogP contribution in [0.2, 0.25) is 0 Å². The van der Waals surface area contributed by atoms with E-state index in [9.17, 15) is 9.59 Å². The molecule has 3 rings (SSSR count). The number of piperidine rings is 1. The van der Waals surface area contributed by atoms with E-state index in [4.69, 9.17) is 4.74 Å². The summed E-state index contributed by atoms with van der Waals surface area (Å²) >= 11 is 3.38. The fourth-order valence-corrected chi connectivity index (χ4v) is 3.51. The number of nitrogens with zero attached hydrogens (tertiary/aromatic N) is 1. The average molecular weight is 460 g/mol. The van der Waals surface area contributed by atoms with Gasteiger partial charge in [0.25, 0.3) is 5.91 Å². The predicted octanol–water partition coefficient (Wildman–Crippen LogP) is 3.44. The molecule has 1 aliphatic rings. The first-order valence-corrected chi connectivity index (χ1v) is 10.6. The molecular formula is C22H26BrN3O3. The Bertz CT molecular complexity index is 806. The van der Waals surface area contributed by atoms with Crippen LogP contribution >= 0.6 is 15.9 Å². The normalized spacial score (nSPS) is 16.1. The summed E-state index contributed by atoms with van der Waals surface area (Å²) in [5.41, 5.74) is 0.805. The van der Waals surface area contributed by atoms with Crippen LogP contribution in [-0.4, -0.2) is 48.5 Å². The van der Waals surface area contributed by atoms with E-state index in [2.05, 4.69) is 31.5 Å². The molecule has 0 saturated carbocycles. The lowest BCUT2D eigenvalue weighted by Gasteiger charge is -2.32. The molecule has 1 unspecified atom stereocenters. The highest BCUT2D eigenvalue weighted by Gasteiger charge is 2.24. The summed E-state index contributed by atoms with van der Waals surface area (Å²) in [6.45, 7) is 3.66. The second-order valence-electron chi connectivity index (χ2n) is 7.19. The Hall–Kier alpha value is -2.38. The zero-order chi connectivity index (χ0) is 20.6. The first kappa shape index (κ1) is 21.3. The minimum Gasteiger partial charge on any atom is -0.481 e. The number of carbonyl (C=O) groups is 2. The molecule has 2 aromatic rings. The SMILES string of the molecule is CC(Oc1ccc(Br)cc1)C(=O)NC1CCN(CC(=O)Nc2ccccc2)CC1. The number of para-hydroxylation sites is 1. The van der Waals surface area contributed by atoms with Gasteiger partial charge in [0.2, 0.25) is 5.91 Å². The summed E-state index contributed by atoms with van der Waals surface area (Å²) in [6.07, 6.45) is 1.07.